The Morgan fingerprint density at radius 3 is 1.24 bits per heavy atom. The van der Waals surface area contributed by atoms with Gasteiger partial charge in [0.25, 0.3) is 11.8 Å². The molecule has 0 spiro atoms. The van der Waals surface area contributed by atoms with Crippen LogP contribution in [0.25, 0.3) is 21.8 Å². The van der Waals surface area contributed by atoms with Crippen LogP contribution in [-0.4, -0.2) is 203 Å². The van der Waals surface area contributed by atoms with E-state index in [9.17, 15) is 47.9 Å². The molecule has 0 saturated carbocycles. The second-order valence-electron chi connectivity index (χ2n) is 25.7. The molecule has 3 fully saturated rings. The molecule has 28 heteroatoms. The number of hydrogen-bond donors (Lipinski definition) is 8. The maximum absolute atomic E-state index is 15.1. The zero-order valence-corrected chi connectivity index (χ0v) is 56.9. The van der Waals surface area contributed by atoms with Gasteiger partial charge in [0.05, 0.1) is 37.2 Å². The fraction of sp³-hybridized carbons (Fsp3) is 0.417. The van der Waals surface area contributed by atoms with Gasteiger partial charge in [-0.3, -0.25) is 57.5 Å². The Kier molecular flexibility index (Phi) is 25.2. The average Bonchev–Trinajstić information content (AvgIpc) is 0.804. The van der Waals surface area contributed by atoms with Gasteiger partial charge in [-0.2, -0.15) is 0 Å². The Morgan fingerprint density at radius 1 is 0.490 bits per heavy atom. The minimum atomic E-state index is -1.58. The minimum Gasteiger partial charge on any atom is -0.486 e. The van der Waals surface area contributed by atoms with E-state index in [0.717, 1.165) is 20.9 Å². The molecule has 8 N–H and O–H groups in total. The second kappa shape index (κ2) is 34.4. The maximum atomic E-state index is 15.1. The third-order valence-corrected chi connectivity index (χ3v) is 17.6. The van der Waals surface area contributed by atoms with E-state index in [1.54, 1.807) is 88.4 Å². The lowest BCUT2D eigenvalue weighted by Gasteiger charge is -2.37. The summed E-state index contributed by atoms with van der Waals surface area (Å²) in [4.78, 5) is 186. The van der Waals surface area contributed by atoms with Crippen molar-refractivity contribution in [3.63, 3.8) is 0 Å². The van der Waals surface area contributed by atoms with Crippen molar-refractivity contribution in [2.24, 2.45) is 11.8 Å². The minimum absolute atomic E-state index is 0.0232. The van der Waals surface area contributed by atoms with Gasteiger partial charge in [0.15, 0.2) is 22.9 Å². The molecule has 2 aromatic heterocycles. The van der Waals surface area contributed by atoms with E-state index in [-0.39, 0.29) is 62.0 Å². The number of benzene rings is 4. The van der Waals surface area contributed by atoms with Gasteiger partial charge in [-0.05, 0) is 85.8 Å². The van der Waals surface area contributed by atoms with E-state index >= 15 is 9.59 Å². The number of ether oxygens (including phenoxy) is 2. The molecule has 5 heterocycles. The monoisotopic (exact) mass is 1370 g/mol. The number of pyridine rings is 2. The van der Waals surface area contributed by atoms with Crippen molar-refractivity contribution in [1.29, 1.82) is 0 Å². The van der Waals surface area contributed by atoms with E-state index in [2.05, 4.69) is 52.5 Å². The van der Waals surface area contributed by atoms with Gasteiger partial charge in [-0.1, -0.05) is 125 Å². The normalized spacial score (nSPS) is 21.3. The Labute approximate surface area is 578 Å². The summed E-state index contributed by atoms with van der Waals surface area (Å²) in [7, 11) is 2.62. The number of rotatable bonds is 12. The molecule has 9 rings (SSSR count). The van der Waals surface area contributed by atoms with E-state index in [0.29, 0.717) is 47.5 Å². The fourth-order valence-corrected chi connectivity index (χ4v) is 12.0. The van der Waals surface area contributed by atoms with Crippen LogP contribution in [0.3, 0.4) is 0 Å². The molecule has 6 aromatic rings. The van der Waals surface area contributed by atoms with Crippen molar-refractivity contribution in [3.05, 3.63) is 144 Å². The fourth-order valence-electron chi connectivity index (χ4n) is 12.0. The third-order valence-electron chi connectivity index (χ3n) is 17.6. The van der Waals surface area contributed by atoms with Crippen LogP contribution in [0.15, 0.2) is 121 Å². The molecule has 12 amide bonds. The quantitative estimate of drug-likeness (QED) is 0.0871. The molecule has 0 radical (unpaired) electrons. The van der Waals surface area contributed by atoms with Gasteiger partial charge in [-0.25, -0.2) is 9.97 Å². The van der Waals surface area contributed by atoms with Gasteiger partial charge < -0.3 is 71.6 Å². The van der Waals surface area contributed by atoms with Crippen molar-refractivity contribution in [2.45, 2.75) is 116 Å². The summed E-state index contributed by atoms with van der Waals surface area (Å²) in [5, 5.41) is 22.7. The number of carbonyl (C=O) groups is 12. The first-order chi connectivity index (χ1) is 48.0. The number of likely N-dealkylation sites (N-methyl/N-ethyl adjacent to an activating group) is 2. The first-order valence-electron chi connectivity index (χ1n) is 33.6. The van der Waals surface area contributed by atoms with Gasteiger partial charge in [0, 0.05) is 51.0 Å². The first-order valence-corrected chi connectivity index (χ1v) is 33.6. The zero-order chi connectivity index (χ0) is 71.6. The number of para-hydroxylation sites is 2. The van der Waals surface area contributed by atoms with Crippen LogP contribution >= 0.6 is 0 Å². The van der Waals surface area contributed by atoms with Gasteiger partial charge >= 0.3 is 0 Å². The molecule has 4 aromatic carbocycles. The Bertz CT molecular complexity index is 3750. The molecular formula is C72H86N14O14. The predicted octanol–water partition coefficient (Wildman–Crippen LogP) is 2.28. The number of carbonyl (C=O) groups excluding carboxylic acids is 12. The van der Waals surface area contributed by atoms with Crippen molar-refractivity contribution < 1.29 is 67.0 Å². The molecule has 0 bridgehead atoms. The first kappa shape index (κ1) is 73.2. The maximum Gasteiger partial charge on any atom is 0.274 e. The smallest absolute Gasteiger partial charge is 0.274 e. The van der Waals surface area contributed by atoms with E-state index in [1.165, 1.54) is 23.9 Å². The van der Waals surface area contributed by atoms with Crippen LogP contribution in [0.5, 0.6) is 11.5 Å². The van der Waals surface area contributed by atoms with Crippen LogP contribution in [0.2, 0.25) is 0 Å². The molecule has 3 aliphatic heterocycles. The summed E-state index contributed by atoms with van der Waals surface area (Å²) >= 11 is 0. The molecule has 0 aliphatic carbocycles. The highest BCUT2D eigenvalue weighted by Crippen LogP contribution is 2.28. The molecule has 528 valence electrons. The molecule has 3 saturated heterocycles. The Balaban J connectivity index is 0.976. The largest absolute Gasteiger partial charge is 0.486 e. The number of piperidine rings is 2. The zero-order valence-electron chi connectivity index (χ0n) is 56.9. The molecule has 100 heavy (non-hydrogen) atoms. The number of aromatic nitrogens is 2. The number of amides is 12. The van der Waals surface area contributed by atoms with E-state index < -0.39 is 158 Å². The highest BCUT2D eigenvalue weighted by Gasteiger charge is 2.40. The summed E-state index contributed by atoms with van der Waals surface area (Å²) in [6.07, 6.45) is 2.12. The summed E-state index contributed by atoms with van der Waals surface area (Å²) in [6.45, 7) is 3.16. The van der Waals surface area contributed by atoms with E-state index in [1.807, 2.05) is 60.7 Å². The average molecular weight is 1370 g/mol. The molecule has 0 unspecified atom stereocenters. The number of hydrogen-bond acceptors (Lipinski definition) is 16. The second-order valence-corrected chi connectivity index (χ2v) is 25.7. The van der Waals surface area contributed by atoms with Crippen LogP contribution in [0, 0.1) is 11.8 Å². The summed E-state index contributed by atoms with van der Waals surface area (Å²) in [5.41, 5.74) is 2.05. The van der Waals surface area contributed by atoms with Crippen molar-refractivity contribution in [2.75, 3.05) is 66.5 Å². The summed E-state index contributed by atoms with van der Waals surface area (Å²) < 4.78 is 12.4. The number of nitrogens with one attached hydrogen (secondary N) is 8. The van der Waals surface area contributed by atoms with Crippen molar-refractivity contribution in [3.8, 4) is 11.5 Å². The van der Waals surface area contributed by atoms with Gasteiger partial charge in [-0.15, -0.1) is 0 Å². The lowest BCUT2D eigenvalue weighted by Crippen LogP contribution is -2.61. The molecular weight excluding hydrogens is 1280 g/mol. The topological polar surface area (TPSA) is 358 Å². The van der Waals surface area contributed by atoms with Crippen LogP contribution in [0.1, 0.15) is 98.3 Å². The van der Waals surface area contributed by atoms with Gasteiger partial charge in [0.1, 0.15) is 49.5 Å². The molecule has 3 aliphatic rings. The Hall–Kier alpha value is -11.1. The highest BCUT2D eigenvalue weighted by molar-refractivity contribution is 6.03. The predicted molar refractivity (Wildman–Crippen MR) is 367 cm³/mol. The summed E-state index contributed by atoms with van der Waals surface area (Å²) in [6, 6.07) is 27.6. The van der Waals surface area contributed by atoms with Crippen LogP contribution in [0.4, 0.5) is 0 Å². The lowest BCUT2D eigenvalue weighted by atomic mass is 9.99. The highest BCUT2D eigenvalue weighted by atomic mass is 16.5. The molecule has 6 atom stereocenters. The van der Waals surface area contributed by atoms with E-state index in [4.69, 9.17) is 9.47 Å². The van der Waals surface area contributed by atoms with Crippen molar-refractivity contribution in [1.82, 2.24) is 72.1 Å². The standard InChI is InChI=1S/C72H86N14O14/c1-43(2)61-67(93)73-35-51(79-69(95)63-55(99-41-45-21-9-7-10-22-45)33-47-25-13-15-27-49(47)77-63)71(97)85-31-19-17-29-53(85)65(91)76-38-60(90)84(6)40-58(88)82-62(44(3)4)68(94)74-36-52(72(98)86-32-20-18-30-54(86)66(92)75-37-59(89)83(5)39-57(87)81-61)80-70(96)64-56(100-42-46-23-11-8-12-24-46)34-48-26-14-16-28-50(48)78-64/h7-16,21-28,33-34,43-44,51-54,61-62H,17-20,29-32,35-42H2,1-6H3,(H,73,93)(H,74,94)(H,75,92)(H,76,91)(H,79,95)(H,80,96)(H,81,87)(H,82,88)/t51-,52-,53+,54+,61+,62+/m1/s1. The van der Waals surface area contributed by atoms with Gasteiger partial charge in [0.2, 0.25) is 59.1 Å². The third kappa shape index (κ3) is 19.2. The SMILES string of the molecule is CC(C)[C@@H]1NC(=O)CN(C)C(=O)CNC(=O)[C@@H]2CCCCN2C(=O)[C@H](NC(=O)c2nc3ccccc3cc2OCc2ccccc2)CNC(=O)[C@H](C(C)C)NC(=O)CN(C)C(=O)CNC(=O)[C@@H]2CCCCN2C(=O)[C@H](NC(=O)c2nc3ccccc3cc2OCc2ccccc2)CNC1=O. The summed E-state index contributed by atoms with van der Waals surface area (Å²) in [5.74, 6) is -10.4. The Morgan fingerprint density at radius 2 is 0.860 bits per heavy atom. The number of nitrogens with zero attached hydrogens (tertiary/aromatic N) is 6. The molecule has 28 nitrogen and oxygen atoms in total. The van der Waals surface area contributed by atoms with Crippen LogP contribution < -0.4 is 52.0 Å². The van der Waals surface area contributed by atoms with Crippen molar-refractivity contribution >= 4 is 92.7 Å². The van der Waals surface area contributed by atoms with Crippen LogP contribution in [-0.2, 0) is 61.2 Å². The lowest BCUT2D eigenvalue weighted by molar-refractivity contribution is -0.144. The number of fused-ring (bicyclic) bond motifs is 4.